The molecule has 1 heterocycles. The fraction of sp³-hybridized carbons (Fsp3) is 0.222. The van der Waals surface area contributed by atoms with Crippen molar-refractivity contribution >= 4 is 21.0 Å². The van der Waals surface area contributed by atoms with E-state index in [0.717, 1.165) is 28.7 Å². The first-order valence-corrected chi connectivity index (χ1v) is 8.98. The molecule has 0 saturated heterocycles. The highest BCUT2D eigenvalue weighted by Crippen LogP contribution is 2.28. The molecule has 0 N–H and O–H groups in total. The van der Waals surface area contributed by atoms with Crippen LogP contribution in [0.25, 0.3) is 11.0 Å². The summed E-state index contributed by atoms with van der Waals surface area (Å²) in [6.07, 6.45) is 0.725. The maximum Gasteiger partial charge on any atom is 0.243 e. The van der Waals surface area contributed by atoms with Gasteiger partial charge in [0.15, 0.2) is 0 Å². The van der Waals surface area contributed by atoms with Crippen molar-refractivity contribution in [2.75, 3.05) is 7.05 Å². The Morgan fingerprint density at radius 3 is 2.35 bits per heavy atom. The SMILES string of the molecule is CCc1oc2ccccc2c1CN(C)S(=O)(=O)c1ccccc1. The molecule has 0 aliphatic carbocycles. The number of rotatable bonds is 5. The maximum atomic E-state index is 12.7. The molecule has 0 aliphatic heterocycles. The number of nitrogens with zero attached hydrogens (tertiary/aromatic N) is 1. The van der Waals surface area contributed by atoms with E-state index in [1.165, 1.54) is 4.31 Å². The Kier molecular flexibility index (Phi) is 4.24. The van der Waals surface area contributed by atoms with E-state index in [0.29, 0.717) is 4.90 Å². The summed E-state index contributed by atoms with van der Waals surface area (Å²) in [4.78, 5) is 0.299. The van der Waals surface area contributed by atoms with Crippen molar-refractivity contribution in [1.29, 1.82) is 0 Å². The third-order valence-electron chi connectivity index (χ3n) is 3.94. The average molecular weight is 329 g/mol. The van der Waals surface area contributed by atoms with Crippen LogP contribution in [0, 0.1) is 0 Å². The lowest BCUT2D eigenvalue weighted by Crippen LogP contribution is -2.26. The number of hydrogen-bond donors (Lipinski definition) is 0. The normalized spacial score (nSPS) is 12.1. The van der Waals surface area contributed by atoms with Gasteiger partial charge >= 0.3 is 0 Å². The summed E-state index contributed by atoms with van der Waals surface area (Å²) in [5.74, 6) is 0.835. The zero-order chi connectivity index (χ0) is 16.4. The molecule has 1 aromatic heterocycles. The molecule has 23 heavy (non-hydrogen) atoms. The van der Waals surface area contributed by atoms with Crippen LogP contribution in [0.2, 0.25) is 0 Å². The quantitative estimate of drug-likeness (QED) is 0.715. The molecule has 120 valence electrons. The van der Waals surface area contributed by atoms with Crippen LogP contribution in [0.15, 0.2) is 63.9 Å². The number of furan rings is 1. The second-order valence-electron chi connectivity index (χ2n) is 5.43. The van der Waals surface area contributed by atoms with Crippen molar-refractivity contribution in [3.63, 3.8) is 0 Å². The third-order valence-corrected chi connectivity index (χ3v) is 5.75. The van der Waals surface area contributed by atoms with Gasteiger partial charge in [-0.1, -0.05) is 43.3 Å². The summed E-state index contributed by atoms with van der Waals surface area (Å²) < 4.78 is 32.6. The van der Waals surface area contributed by atoms with Gasteiger partial charge < -0.3 is 4.42 Å². The van der Waals surface area contributed by atoms with E-state index in [1.54, 1.807) is 37.4 Å². The molecular formula is C18H19NO3S. The van der Waals surface area contributed by atoms with Crippen molar-refractivity contribution in [2.45, 2.75) is 24.8 Å². The zero-order valence-corrected chi connectivity index (χ0v) is 14.0. The van der Waals surface area contributed by atoms with Gasteiger partial charge in [-0.25, -0.2) is 8.42 Å². The molecule has 5 heteroatoms. The first-order chi connectivity index (χ1) is 11.0. The van der Waals surface area contributed by atoms with Gasteiger partial charge in [0, 0.05) is 31.0 Å². The Bertz CT molecular complexity index is 914. The second kappa shape index (κ2) is 6.18. The monoisotopic (exact) mass is 329 g/mol. The second-order valence-corrected chi connectivity index (χ2v) is 7.47. The van der Waals surface area contributed by atoms with Gasteiger partial charge in [-0.15, -0.1) is 0 Å². The lowest BCUT2D eigenvalue weighted by Gasteiger charge is -2.17. The highest BCUT2D eigenvalue weighted by atomic mass is 32.2. The van der Waals surface area contributed by atoms with Crippen LogP contribution in [-0.4, -0.2) is 19.8 Å². The third kappa shape index (κ3) is 2.90. The van der Waals surface area contributed by atoms with Gasteiger partial charge in [-0.3, -0.25) is 0 Å². The number of benzene rings is 2. The summed E-state index contributed by atoms with van der Waals surface area (Å²) >= 11 is 0. The summed E-state index contributed by atoms with van der Waals surface area (Å²) in [7, 11) is -1.92. The van der Waals surface area contributed by atoms with Crippen LogP contribution in [0.1, 0.15) is 18.2 Å². The van der Waals surface area contributed by atoms with E-state index in [4.69, 9.17) is 4.42 Å². The van der Waals surface area contributed by atoms with Crippen LogP contribution in [0.3, 0.4) is 0 Å². The lowest BCUT2D eigenvalue weighted by atomic mass is 10.1. The highest BCUT2D eigenvalue weighted by molar-refractivity contribution is 7.89. The van der Waals surface area contributed by atoms with E-state index in [9.17, 15) is 8.42 Å². The van der Waals surface area contributed by atoms with Crippen molar-refractivity contribution < 1.29 is 12.8 Å². The van der Waals surface area contributed by atoms with Gasteiger partial charge in [0.25, 0.3) is 0 Å². The molecule has 0 radical (unpaired) electrons. The van der Waals surface area contributed by atoms with Gasteiger partial charge in [0.1, 0.15) is 11.3 Å². The molecule has 0 atom stereocenters. The van der Waals surface area contributed by atoms with E-state index in [1.807, 2.05) is 31.2 Å². The zero-order valence-electron chi connectivity index (χ0n) is 13.2. The first-order valence-electron chi connectivity index (χ1n) is 7.54. The molecule has 0 amide bonds. The number of para-hydroxylation sites is 1. The Labute approximate surface area is 136 Å². The molecule has 0 aliphatic rings. The lowest BCUT2D eigenvalue weighted by molar-refractivity contribution is 0.459. The standard InChI is InChI=1S/C18H19NO3S/c1-3-17-16(15-11-7-8-12-18(15)22-17)13-19(2)23(20,21)14-9-5-4-6-10-14/h4-12H,3,13H2,1-2H3. The van der Waals surface area contributed by atoms with E-state index >= 15 is 0 Å². The Balaban J connectivity index is 1.99. The summed E-state index contributed by atoms with van der Waals surface area (Å²) in [5, 5.41) is 0.972. The molecule has 2 aromatic carbocycles. The van der Waals surface area contributed by atoms with Gasteiger partial charge in [-0.2, -0.15) is 4.31 Å². The number of hydrogen-bond acceptors (Lipinski definition) is 3. The average Bonchev–Trinajstić information content (AvgIpc) is 2.93. The Morgan fingerprint density at radius 2 is 1.65 bits per heavy atom. The molecular weight excluding hydrogens is 310 g/mol. The van der Waals surface area contributed by atoms with E-state index in [2.05, 4.69) is 0 Å². The van der Waals surface area contributed by atoms with Crippen LogP contribution >= 0.6 is 0 Å². The van der Waals surface area contributed by atoms with Crippen LogP contribution in [0.4, 0.5) is 0 Å². The van der Waals surface area contributed by atoms with Crippen LogP contribution in [0.5, 0.6) is 0 Å². The Hall–Kier alpha value is -2.11. The summed E-state index contributed by atoms with van der Waals surface area (Å²) in [6.45, 7) is 2.30. The van der Waals surface area contributed by atoms with Crippen LogP contribution in [-0.2, 0) is 23.0 Å². The molecule has 4 nitrogen and oxygen atoms in total. The Morgan fingerprint density at radius 1 is 1.00 bits per heavy atom. The summed E-state index contributed by atoms with van der Waals surface area (Å²) in [5.41, 5.74) is 1.73. The number of sulfonamides is 1. The van der Waals surface area contributed by atoms with Crippen molar-refractivity contribution in [3.8, 4) is 0 Å². The number of aryl methyl sites for hydroxylation is 1. The van der Waals surface area contributed by atoms with Gasteiger partial charge in [0.05, 0.1) is 4.90 Å². The van der Waals surface area contributed by atoms with Gasteiger partial charge in [0.2, 0.25) is 10.0 Å². The largest absolute Gasteiger partial charge is 0.461 e. The van der Waals surface area contributed by atoms with E-state index in [-0.39, 0.29) is 6.54 Å². The molecule has 0 saturated carbocycles. The molecule has 0 fully saturated rings. The number of fused-ring (bicyclic) bond motifs is 1. The molecule has 3 rings (SSSR count). The molecule has 0 unspecified atom stereocenters. The first kappa shape index (κ1) is 15.8. The van der Waals surface area contributed by atoms with Crippen LogP contribution < -0.4 is 0 Å². The minimum Gasteiger partial charge on any atom is -0.461 e. The topological polar surface area (TPSA) is 50.5 Å². The minimum atomic E-state index is -3.52. The van der Waals surface area contributed by atoms with Crippen molar-refractivity contribution in [1.82, 2.24) is 4.31 Å². The predicted molar refractivity (Wildman–Crippen MR) is 90.7 cm³/mol. The molecule has 0 spiro atoms. The fourth-order valence-corrected chi connectivity index (χ4v) is 3.85. The molecule has 0 bridgehead atoms. The van der Waals surface area contributed by atoms with Crippen molar-refractivity contribution in [3.05, 3.63) is 65.9 Å². The summed E-state index contributed by atoms with van der Waals surface area (Å²) in [6, 6.07) is 16.2. The van der Waals surface area contributed by atoms with E-state index < -0.39 is 10.0 Å². The maximum absolute atomic E-state index is 12.7. The highest BCUT2D eigenvalue weighted by Gasteiger charge is 2.23. The fourth-order valence-electron chi connectivity index (χ4n) is 2.69. The minimum absolute atomic E-state index is 0.289. The van der Waals surface area contributed by atoms with Gasteiger partial charge in [-0.05, 0) is 18.2 Å². The smallest absolute Gasteiger partial charge is 0.243 e. The van der Waals surface area contributed by atoms with Crippen molar-refractivity contribution in [2.24, 2.45) is 0 Å². The molecule has 3 aromatic rings. The predicted octanol–water partition coefficient (Wildman–Crippen LogP) is 3.82.